The van der Waals surface area contributed by atoms with Crippen LogP contribution in [0.3, 0.4) is 0 Å². The Morgan fingerprint density at radius 2 is 1.50 bits per heavy atom. The Morgan fingerprint density at radius 1 is 0.842 bits per heavy atom. The van der Waals surface area contributed by atoms with Crippen LogP contribution in [-0.2, 0) is 34.4 Å². The van der Waals surface area contributed by atoms with Gasteiger partial charge >= 0.3 is 0 Å². The Hall–Kier alpha value is -3.40. The summed E-state index contributed by atoms with van der Waals surface area (Å²) in [5.41, 5.74) is 5.70. The van der Waals surface area contributed by atoms with E-state index in [-0.39, 0.29) is 17.2 Å². The first-order chi connectivity index (χ1) is 18.0. The standard InChI is InChI=1S/C34H44N2O2/c1-25(2)23-35-33(38)31(22-28-12-8-7-9-13-28)36(24-29-14-10-11-26(3)21-29)32(37)20-17-27-15-18-30(19-16-27)34(4,5)6/h7-16,18-19,21,25,31H,17,20,22-24H2,1-6H3,(H,35,38)/t31-/m1/s1. The first-order valence-corrected chi connectivity index (χ1v) is 13.8. The maximum absolute atomic E-state index is 13.9. The Kier molecular flexibility index (Phi) is 10.3. The molecule has 0 aliphatic rings. The highest BCUT2D eigenvalue weighted by molar-refractivity contribution is 5.88. The zero-order valence-electron chi connectivity index (χ0n) is 24.0. The maximum atomic E-state index is 13.9. The number of hydrogen-bond acceptors (Lipinski definition) is 2. The predicted octanol–water partition coefficient (Wildman–Crippen LogP) is 6.64. The first-order valence-electron chi connectivity index (χ1n) is 13.8. The molecular weight excluding hydrogens is 468 g/mol. The number of carbonyl (C=O) groups is 2. The van der Waals surface area contributed by atoms with Gasteiger partial charge in [-0.15, -0.1) is 0 Å². The van der Waals surface area contributed by atoms with Gasteiger partial charge in [0.2, 0.25) is 11.8 Å². The van der Waals surface area contributed by atoms with Crippen molar-refractivity contribution in [2.24, 2.45) is 5.92 Å². The SMILES string of the molecule is Cc1cccc(CN(C(=O)CCc2ccc(C(C)(C)C)cc2)[C@H](Cc2ccccc2)C(=O)NCC(C)C)c1. The normalized spacial score (nSPS) is 12.3. The van der Waals surface area contributed by atoms with Crippen LogP contribution in [0.5, 0.6) is 0 Å². The van der Waals surface area contributed by atoms with Crippen LogP contribution < -0.4 is 5.32 Å². The fourth-order valence-corrected chi connectivity index (χ4v) is 4.55. The molecule has 4 heteroatoms. The van der Waals surface area contributed by atoms with Gasteiger partial charge in [-0.25, -0.2) is 0 Å². The van der Waals surface area contributed by atoms with E-state index in [1.165, 1.54) is 5.56 Å². The van der Waals surface area contributed by atoms with Crippen molar-refractivity contribution in [3.63, 3.8) is 0 Å². The summed E-state index contributed by atoms with van der Waals surface area (Å²) in [7, 11) is 0. The molecule has 0 aliphatic heterocycles. The van der Waals surface area contributed by atoms with Crippen molar-refractivity contribution in [2.75, 3.05) is 6.54 Å². The lowest BCUT2D eigenvalue weighted by atomic mass is 9.86. The fraction of sp³-hybridized carbons (Fsp3) is 0.412. The second kappa shape index (κ2) is 13.4. The number of nitrogens with one attached hydrogen (secondary N) is 1. The van der Waals surface area contributed by atoms with E-state index >= 15 is 0 Å². The molecule has 0 spiro atoms. The van der Waals surface area contributed by atoms with Gasteiger partial charge in [-0.3, -0.25) is 9.59 Å². The van der Waals surface area contributed by atoms with E-state index in [9.17, 15) is 9.59 Å². The molecule has 0 aromatic heterocycles. The Morgan fingerprint density at radius 3 is 2.11 bits per heavy atom. The monoisotopic (exact) mass is 512 g/mol. The summed E-state index contributed by atoms with van der Waals surface area (Å²) in [4.78, 5) is 29.2. The lowest BCUT2D eigenvalue weighted by Crippen LogP contribution is -2.51. The first kappa shape index (κ1) is 29.2. The van der Waals surface area contributed by atoms with E-state index in [1.54, 1.807) is 4.90 Å². The minimum absolute atomic E-state index is 0.00738. The van der Waals surface area contributed by atoms with Gasteiger partial charge < -0.3 is 10.2 Å². The highest BCUT2D eigenvalue weighted by Crippen LogP contribution is 2.23. The lowest BCUT2D eigenvalue weighted by Gasteiger charge is -2.32. The summed E-state index contributed by atoms with van der Waals surface area (Å²) in [6, 6.07) is 26.1. The van der Waals surface area contributed by atoms with E-state index in [1.807, 2.05) is 55.5 Å². The molecule has 0 fully saturated rings. The van der Waals surface area contributed by atoms with E-state index in [4.69, 9.17) is 0 Å². The van der Waals surface area contributed by atoms with Crippen molar-refractivity contribution >= 4 is 11.8 Å². The molecule has 4 nitrogen and oxygen atoms in total. The smallest absolute Gasteiger partial charge is 0.243 e. The predicted molar refractivity (Wildman–Crippen MR) is 157 cm³/mol. The lowest BCUT2D eigenvalue weighted by molar-refractivity contribution is -0.141. The summed E-state index contributed by atoms with van der Waals surface area (Å²) in [6.45, 7) is 13.8. The third kappa shape index (κ3) is 8.86. The van der Waals surface area contributed by atoms with Crippen LogP contribution in [0.15, 0.2) is 78.9 Å². The molecule has 38 heavy (non-hydrogen) atoms. The van der Waals surface area contributed by atoms with Crippen LogP contribution in [-0.4, -0.2) is 29.3 Å². The fourth-order valence-electron chi connectivity index (χ4n) is 4.55. The summed E-state index contributed by atoms with van der Waals surface area (Å²) in [6.07, 6.45) is 1.46. The molecule has 0 bridgehead atoms. The second-order valence-electron chi connectivity index (χ2n) is 11.8. The minimum Gasteiger partial charge on any atom is -0.354 e. The van der Waals surface area contributed by atoms with Crippen molar-refractivity contribution in [3.8, 4) is 0 Å². The van der Waals surface area contributed by atoms with Crippen molar-refractivity contribution < 1.29 is 9.59 Å². The number of carbonyl (C=O) groups excluding carboxylic acids is 2. The summed E-state index contributed by atoms with van der Waals surface area (Å²) in [5.74, 6) is 0.221. The third-order valence-corrected chi connectivity index (χ3v) is 6.84. The van der Waals surface area contributed by atoms with Crippen LogP contribution >= 0.6 is 0 Å². The molecule has 3 rings (SSSR count). The molecule has 0 aliphatic carbocycles. The summed E-state index contributed by atoms with van der Waals surface area (Å²) >= 11 is 0. The molecule has 0 radical (unpaired) electrons. The van der Waals surface area contributed by atoms with Crippen LogP contribution in [0.25, 0.3) is 0 Å². The summed E-state index contributed by atoms with van der Waals surface area (Å²) in [5, 5.41) is 3.10. The topological polar surface area (TPSA) is 49.4 Å². The van der Waals surface area contributed by atoms with Gasteiger partial charge in [0, 0.05) is 25.9 Å². The molecule has 0 saturated carbocycles. The number of hydrogen-bond donors (Lipinski definition) is 1. The number of benzene rings is 3. The number of rotatable bonds is 11. The van der Waals surface area contributed by atoms with Gasteiger partial charge in [0.05, 0.1) is 0 Å². The van der Waals surface area contributed by atoms with Crippen molar-refractivity contribution in [1.29, 1.82) is 0 Å². The van der Waals surface area contributed by atoms with E-state index in [0.717, 1.165) is 22.3 Å². The van der Waals surface area contributed by atoms with E-state index in [0.29, 0.717) is 38.3 Å². The van der Waals surface area contributed by atoms with Gasteiger partial charge in [0.1, 0.15) is 6.04 Å². The van der Waals surface area contributed by atoms with E-state index in [2.05, 4.69) is 70.3 Å². The van der Waals surface area contributed by atoms with Crippen LogP contribution in [0.4, 0.5) is 0 Å². The van der Waals surface area contributed by atoms with E-state index < -0.39 is 6.04 Å². The Labute approximate surface area is 229 Å². The molecule has 202 valence electrons. The van der Waals surface area contributed by atoms with Crippen LogP contribution in [0.2, 0.25) is 0 Å². The molecule has 3 aromatic carbocycles. The number of amides is 2. The molecule has 0 heterocycles. The zero-order chi connectivity index (χ0) is 27.7. The Balaban J connectivity index is 1.87. The van der Waals surface area contributed by atoms with Crippen LogP contribution in [0, 0.1) is 12.8 Å². The highest BCUT2D eigenvalue weighted by Gasteiger charge is 2.30. The molecule has 0 saturated heterocycles. The second-order valence-corrected chi connectivity index (χ2v) is 11.8. The highest BCUT2D eigenvalue weighted by atomic mass is 16.2. The van der Waals surface area contributed by atoms with Crippen molar-refractivity contribution in [3.05, 3.63) is 107 Å². The molecule has 3 aromatic rings. The average molecular weight is 513 g/mol. The van der Waals surface area contributed by atoms with Gasteiger partial charge in [0.15, 0.2) is 0 Å². The summed E-state index contributed by atoms with van der Waals surface area (Å²) < 4.78 is 0. The largest absolute Gasteiger partial charge is 0.354 e. The minimum atomic E-state index is -0.590. The molecule has 0 unspecified atom stereocenters. The van der Waals surface area contributed by atoms with Gasteiger partial charge in [-0.05, 0) is 46.9 Å². The van der Waals surface area contributed by atoms with Crippen molar-refractivity contribution in [2.45, 2.75) is 78.8 Å². The zero-order valence-corrected chi connectivity index (χ0v) is 24.0. The molecular formula is C34H44N2O2. The van der Waals surface area contributed by atoms with Gasteiger partial charge in [0.25, 0.3) is 0 Å². The average Bonchev–Trinajstić information content (AvgIpc) is 2.88. The molecule has 1 N–H and O–H groups in total. The Bertz CT molecular complexity index is 1180. The maximum Gasteiger partial charge on any atom is 0.243 e. The molecule has 1 atom stereocenters. The van der Waals surface area contributed by atoms with Crippen LogP contribution in [0.1, 0.15) is 68.9 Å². The number of aryl methyl sites for hydroxylation is 2. The van der Waals surface area contributed by atoms with Gasteiger partial charge in [-0.2, -0.15) is 0 Å². The quantitative estimate of drug-likeness (QED) is 0.313. The number of nitrogens with zero attached hydrogens (tertiary/aromatic N) is 1. The third-order valence-electron chi connectivity index (χ3n) is 6.84. The van der Waals surface area contributed by atoms with Gasteiger partial charge in [-0.1, -0.05) is 119 Å². The molecule has 2 amide bonds. The van der Waals surface area contributed by atoms with Crippen molar-refractivity contribution in [1.82, 2.24) is 10.2 Å².